The van der Waals surface area contributed by atoms with E-state index in [0.717, 1.165) is 41.5 Å². The molecule has 1 aromatic heterocycles. The normalized spacial score (nSPS) is 17.5. The van der Waals surface area contributed by atoms with E-state index in [4.69, 9.17) is 0 Å². The second-order valence-corrected chi connectivity index (χ2v) is 10.8. The Morgan fingerprint density at radius 3 is 2.51 bits per heavy atom. The largest absolute Gasteiger partial charge is 0.481 e. The van der Waals surface area contributed by atoms with Crippen LogP contribution in [0.25, 0.3) is 11.1 Å². The van der Waals surface area contributed by atoms with Gasteiger partial charge in [-0.15, -0.1) is 0 Å². The van der Waals surface area contributed by atoms with Crippen molar-refractivity contribution in [1.82, 2.24) is 15.2 Å². The maximum absolute atomic E-state index is 13.7. The Morgan fingerprint density at radius 2 is 1.89 bits per heavy atom. The third-order valence-electron chi connectivity index (χ3n) is 7.24. The van der Waals surface area contributed by atoms with Crippen molar-refractivity contribution < 1.29 is 19.5 Å². The molecule has 2 heterocycles. The molecule has 1 fully saturated rings. The van der Waals surface area contributed by atoms with Crippen LogP contribution in [0.3, 0.4) is 0 Å². The molecule has 200 valence electrons. The van der Waals surface area contributed by atoms with Crippen LogP contribution in [0.4, 0.5) is 0 Å². The minimum atomic E-state index is -1.01. The minimum Gasteiger partial charge on any atom is -0.481 e. The molecule has 1 aliphatic heterocycles. The van der Waals surface area contributed by atoms with Crippen LogP contribution in [-0.2, 0) is 14.4 Å². The van der Waals surface area contributed by atoms with Gasteiger partial charge in [-0.25, -0.2) is 0 Å². The van der Waals surface area contributed by atoms with E-state index in [2.05, 4.69) is 17.2 Å². The zero-order valence-corrected chi connectivity index (χ0v) is 22.8. The number of rotatable bonds is 11. The highest BCUT2D eigenvalue weighted by atomic mass is 16.4. The zero-order chi connectivity index (χ0) is 27.1. The summed E-state index contributed by atoms with van der Waals surface area (Å²) in [7, 11) is 0. The number of carbonyl (C=O) groups is 3. The second-order valence-electron chi connectivity index (χ2n) is 10.8. The van der Waals surface area contributed by atoms with E-state index in [1.165, 1.54) is 0 Å². The average molecular weight is 508 g/mol. The highest BCUT2D eigenvalue weighted by molar-refractivity contribution is 5.88. The summed E-state index contributed by atoms with van der Waals surface area (Å²) >= 11 is 0. The van der Waals surface area contributed by atoms with E-state index in [-0.39, 0.29) is 24.2 Å². The van der Waals surface area contributed by atoms with Gasteiger partial charge in [-0.1, -0.05) is 45.4 Å². The van der Waals surface area contributed by atoms with Crippen molar-refractivity contribution in [2.45, 2.75) is 85.2 Å². The molecule has 0 radical (unpaired) electrons. The molecule has 2 aromatic rings. The van der Waals surface area contributed by atoms with Gasteiger partial charge < -0.3 is 15.3 Å². The van der Waals surface area contributed by atoms with Crippen molar-refractivity contribution in [2.75, 3.05) is 6.54 Å². The summed E-state index contributed by atoms with van der Waals surface area (Å²) in [5.41, 5.74) is 4.76. The quantitative estimate of drug-likeness (QED) is 0.421. The van der Waals surface area contributed by atoms with Gasteiger partial charge >= 0.3 is 5.97 Å². The summed E-state index contributed by atoms with van der Waals surface area (Å²) in [5, 5.41) is 12.7. The molecular formula is C30H41N3O4. The number of pyridine rings is 1. The molecule has 1 saturated heterocycles. The van der Waals surface area contributed by atoms with E-state index < -0.39 is 18.1 Å². The van der Waals surface area contributed by atoms with E-state index >= 15 is 0 Å². The fourth-order valence-corrected chi connectivity index (χ4v) is 5.46. The lowest BCUT2D eigenvalue weighted by Crippen LogP contribution is -2.54. The Morgan fingerprint density at radius 1 is 1.19 bits per heavy atom. The number of piperidine rings is 1. The highest BCUT2D eigenvalue weighted by Gasteiger charge is 2.36. The number of nitrogens with zero attached hydrogens (tertiary/aromatic N) is 2. The van der Waals surface area contributed by atoms with Crippen molar-refractivity contribution in [1.29, 1.82) is 0 Å². The molecule has 7 nitrogen and oxygen atoms in total. The maximum Gasteiger partial charge on any atom is 0.305 e. The first-order valence-corrected chi connectivity index (χ1v) is 13.4. The van der Waals surface area contributed by atoms with Gasteiger partial charge in [0.2, 0.25) is 11.8 Å². The molecule has 3 atom stereocenters. The van der Waals surface area contributed by atoms with Gasteiger partial charge in [0.1, 0.15) is 6.04 Å². The van der Waals surface area contributed by atoms with Crippen LogP contribution in [0.5, 0.6) is 0 Å². The van der Waals surface area contributed by atoms with E-state index in [1.807, 2.05) is 52.0 Å². The molecule has 2 amide bonds. The van der Waals surface area contributed by atoms with E-state index in [0.29, 0.717) is 30.9 Å². The molecule has 0 aliphatic carbocycles. The van der Waals surface area contributed by atoms with Crippen LogP contribution in [0, 0.1) is 25.7 Å². The predicted molar refractivity (Wildman–Crippen MR) is 145 cm³/mol. The van der Waals surface area contributed by atoms with Crippen molar-refractivity contribution in [2.24, 2.45) is 11.8 Å². The number of hydrogen-bond acceptors (Lipinski definition) is 4. The number of likely N-dealkylation sites (tertiary alicyclic amines) is 1. The van der Waals surface area contributed by atoms with Gasteiger partial charge in [0.15, 0.2) is 0 Å². The summed E-state index contributed by atoms with van der Waals surface area (Å²) in [6.07, 6.45) is 7.01. The standard InChI is InChI=1S/C30H41N3O4/c1-6-8-22-11-12-27(34)33(18-22)26(13-19(2)3)30(37)32-25(15-28(35)36)23-14-24(17-31-16-23)29-20(4)9-7-10-21(29)5/h7,9-10,14,16-17,19,22,25-26H,6,8,11-13,15,18H2,1-5H3,(H,32,37)(H,35,36)/t22?,25-,26+/m0/s1. The van der Waals surface area contributed by atoms with Gasteiger partial charge in [0.25, 0.3) is 0 Å². The first kappa shape index (κ1) is 28.4. The number of carboxylic acids is 1. The molecule has 1 aromatic carbocycles. The molecule has 7 heteroatoms. The first-order valence-electron chi connectivity index (χ1n) is 13.4. The summed E-state index contributed by atoms with van der Waals surface area (Å²) in [6, 6.07) is 6.59. The summed E-state index contributed by atoms with van der Waals surface area (Å²) < 4.78 is 0. The van der Waals surface area contributed by atoms with Gasteiger partial charge in [-0.3, -0.25) is 19.4 Å². The Balaban J connectivity index is 1.91. The number of hydrogen-bond donors (Lipinski definition) is 2. The zero-order valence-electron chi connectivity index (χ0n) is 22.8. The molecule has 1 unspecified atom stereocenters. The molecule has 0 saturated carbocycles. The second kappa shape index (κ2) is 12.8. The number of carbonyl (C=O) groups excluding carboxylic acids is 2. The number of aryl methyl sites for hydroxylation is 2. The van der Waals surface area contributed by atoms with Crippen LogP contribution in [0.1, 0.15) is 82.0 Å². The van der Waals surface area contributed by atoms with Gasteiger partial charge in [-0.2, -0.15) is 0 Å². The number of amides is 2. The van der Waals surface area contributed by atoms with Crippen molar-refractivity contribution in [3.05, 3.63) is 53.3 Å². The number of nitrogens with one attached hydrogen (secondary N) is 1. The fraction of sp³-hybridized carbons (Fsp3) is 0.533. The molecule has 2 N–H and O–H groups in total. The Labute approximate surface area is 220 Å². The molecule has 37 heavy (non-hydrogen) atoms. The highest BCUT2D eigenvalue weighted by Crippen LogP contribution is 2.30. The number of aromatic nitrogens is 1. The van der Waals surface area contributed by atoms with Crippen LogP contribution in [0.2, 0.25) is 0 Å². The van der Waals surface area contributed by atoms with Crippen LogP contribution < -0.4 is 5.32 Å². The van der Waals surface area contributed by atoms with Crippen LogP contribution in [-0.4, -0.2) is 45.4 Å². The van der Waals surface area contributed by atoms with Crippen LogP contribution >= 0.6 is 0 Å². The Kier molecular flexibility index (Phi) is 9.84. The molecule has 3 rings (SSSR count). The summed E-state index contributed by atoms with van der Waals surface area (Å²) in [4.78, 5) is 44.6. The summed E-state index contributed by atoms with van der Waals surface area (Å²) in [5.74, 6) is -0.731. The van der Waals surface area contributed by atoms with Gasteiger partial charge in [0.05, 0.1) is 12.5 Å². The van der Waals surface area contributed by atoms with E-state index in [9.17, 15) is 19.5 Å². The first-order chi connectivity index (χ1) is 17.6. The third-order valence-corrected chi connectivity index (χ3v) is 7.24. The van der Waals surface area contributed by atoms with Crippen molar-refractivity contribution >= 4 is 17.8 Å². The lowest BCUT2D eigenvalue weighted by Gasteiger charge is -2.38. The van der Waals surface area contributed by atoms with Gasteiger partial charge in [0, 0.05) is 30.9 Å². The lowest BCUT2D eigenvalue weighted by atomic mass is 9.90. The SMILES string of the molecule is CCCC1CCC(=O)N([C@H](CC(C)C)C(=O)N[C@@H](CC(=O)O)c2cncc(-c3c(C)cccc3C)c2)C1. The fourth-order valence-electron chi connectivity index (χ4n) is 5.46. The lowest BCUT2D eigenvalue weighted by molar-refractivity contribution is -0.145. The molecule has 0 spiro atoms. The number of aliphatic carboxylic acids is 1. The monoisotopic (exact) mass is 507 g/mol. The molecular weight excluding hydrogens is 466 g/mol. The third kappa shape index (κ3) is 7.40. The topological polar surface area (TPSA) is 99.6 Å². The van der Waals surface area contributed by atoms with Crippen LogP contribution in [0.15, 0.2) is 36.7 Å². The van der Waals surface area contributed by atoms with Gasteiger partial charge in [-0.05, 0) is 73.3 Å². The maximum atomic E-state index is 13.7. The number of carboxylic acid groups (broad SMARTS) is 1. The average Bonchev–Trinajstić information content (AvgIpc) is 2.83. The smallest absolute Gasteiger partial charge is 0.305 e. The summed E-state index contributed by atoms with van der Waals surface area (Å²) in [6.45, 7) is 10.8. The van der Waals surface area contributed by atoms with Crippen molar-refractivity contribution in [3.8, 4) is 11.1 Å². The Bertz CT molecular complexity index is 1090. The number of benzene rings is 1. The van der Waals surface area contributed by atoms with E-state index in [1.54, 1.807) is 17.3 Å². The Hall–Kier alpha value is -3.22. The van der Waals surface area contributed by atoms with Crippen molar-refractivity contribution in [3.63, 3.8) is 0 Å². The molecule has 1 aliphatic rings. The predicted octanol–water partition coefficient (Wildman–Crippen LogP) is 5.45. The minimum absolute atomic E-state index is 0.00151. The molecule has 0 bridgehead atoms.